The molecule has 0 radical (unpaired) electrons. The van der Waals surface area contributed by atoms with E-state index in [4.69, 9.17) is 55.9 Å². The van der Waals surface area contributed by atoms with Gasteiger partial charge in [-0.1, -0.05) is 59.6 Å². The van der Waals surface area contributed by atoms with Gasteiger partial charge in [0.05, 0.1) is 58.1 Å². The Bertz CT molecular complexity index is 2500. The lowest BCUT2D eigenvalue weighted by molar-refractivity contribution is -0.127. The number of halogens is 4. The number of anilines is 4. The lowest BCUT2D eigenvalue weighted by Crippen LogP contribution is -2.32. The van der Waals surface area contributed by atoms with E-state index in [1.165, 1.54) is 62.8 Å². The van der Waals surface area contributed by atoms with Crippen LogP contribution in [0.25, 0.3) is 0 Å². The van der Waals surface area contributed by atoms with E-state index in [-0.39, 0.29) is 67.2 Å². The molecule has 2 unspecified atom stereocenters. The van der Waals surface area contributed by atoms with Crippen molar-refractivity contribution in [3.63, 3.8) is 0 Å². The van der Waals surface area contributed by atoms with Crippen LogP contribution in [0.2, 0.25) is 10.0 Å². The largest absolute Gasteiger partial charge is 0.491 e. The van der Waals surface area contributed by atoms with Crippen LogP contribution < -0.4 is 30.7 Å². The van der Waals surface area contributed by atoms with Crippen molar-refractivity contribution in [3.05, 3.63) is 129 Å². The number of Topliss-reactive ketones (excluding diaryl/α,β-unsaturated/α-hetero) is 2. The Labute approximate surface area is 386 Å². The molecule has 0 heterocycles. The van der Waals surface area contributed by atoms with Gasteiger partial charge in [0.1, 0.15) is 0 Å². The first-order valence-corrected chi connectivity index (χ1v) is 20.7. The topological polar surface area (TPSA) is 218 Å². The fourth-order valence-corrected chi connectivity index (χ4v) is 6.72. The molecule has 5 aromatic carbocycles. The van der Waals surface area contributed by atoms with Gasteiger partial charge in [0.15, 0.2) is 23.1 Å². The normalized spacial score (nSPS) is 12.0. The number of para-hydroxylation sites is 2. The minimum absolute atomic E-state index is 0.0167. The highest BCUT2D eigenvalue weighted by Gasteiger charge is 2.28. The summed E-state index contributed by atoms with van der Waals surface area (Å²) in [6.07, 6.45) is 0. The van der Waals surface area contributed by atoms with Crippen molar-refractivity contribution in [2.45, 2.75) is 37.7 Å². The van der Waals surface area contributed by atoms with E-state index in [1.807, 2.05) is 0 Å². The molecule has 0 fully saturated rings. The summed E-state index contributed by atoms with van der Waals surface area (Å²) in [6, 6.07) is 21.8. The van der Waals surface area contributed by atoms with E-state index >= 15 is 0 Å². The van der Waals surface area contributed by atoms with Gasteiger partial charge in [0.2, 0.25) is 12.1 Å². The van der Waals surface area contributed by atoms with Crippen LogP contribution in [0.15, 0.2) is 118 Å². The van der Waals surface area contributed by atoms with Gasteiger partial charge in [-0.3, -0.25) is 28.8 Å². The van der Waals surface area contributed by atoms with E-state index in [1.54, 1.807) is 48.5 Å². The second kappa shape index (κ2) is 22.6. The maximum Gasteiger partial charge on any atom is 0.258 e. The maximum atomic E-state index is 13.5. The predicted molar refractivity (Wildman–Crippen MR) is 246 cm³/mol. The third-order valence-corrected chi connectivity index (χ3v) is 10.3. The summed E-state index contributed by atoms with van der Waals surface area (Å²) in [5.41, 5.74) is 2.73. The van der Waals surface area contributed by atoms with Crippen LogP contribution in [-0.2, 0) is 30.9 Å². The number of hydrogen-bond donors (Lipinski definition) is 4. The van der Waals surface area contributed by atoms with Gasteiger partial charge >= 0.3 is 0 Å². The number of nitrogens with zero attached hydrogens (tertiary/aromatic N) is 4. The highest BCUT2D eigenvalue weighted by Crippen LogP contribution is 2.42. The first-order chi connectivity index (χ1) is 30.7. The lowest BCUT2D eigenvalue weighted by atomic mass is 10.1. The molecule has 64 heavy (non-hydrogen) atoms. The Morgan fingerprint density at radius 2 is 0.906 bits per heavy atom. The Morgan fingerprint density at radius 3 is 1.25 bits per heavy atom. The van der Waals surface area contributed by atoms with Crippen molar-refractivity contribution >= 4 is 116 Å². The van der Waals surface area contributed by atoms with E-state index in [0.29, 0.717) is 22.5 Å². The maximum absolute atomic E-state index is 13.5. The van der Waals surface area contributed by atoms with Crippen LogP contribution >= 0.6 is 46.4 Å². The van der Waals surface area contributed by atoms with Crippen LogP contribution in [0.4, 0.5) is 34.1 Å². The lowest BCUT2D eigenvalue weighted by Gasteiger charge is -2.19. The van der Waals surface area contributed by atoms with Crippen molar-refractivity contribution in [1.29, 1.82) is 0 Å². The quantitative estimate of drug-likeness (QED) is 0.0375. The molecule has 2 atom stereocenters. The molecule has 0 spiro atoms. The first-order valence-electron chi connectivity index (χ1n) is 18.9. The summed E-state index contributed by atoms with van der Waals surface area (Å²) in [5.74, 6) is -4.08. The summed E-state index contributed by atoms with van der Waals surface area (Å²) >= 11 is 24.7. The summed E-state index contributed by atoms with van der Waals surface area (Å²) in [7, 11) is 2.54. The Hall–Kier alpha value is -6.72. The van der Waals surface area contributed by atoms with E-state index in [0.717, 1.165) is 13.8 Å². The summed E-state index contributed by atoms with van der Waals surface area (Å²) in [5, 5.41) is 26.9. The first kappa shape index (κ1) is 48.3. The zero-order chi connectivity index (χ0) is 46.5. The van der Waals surface area contributed by atoms with Crippen molar-refractivity contribution in [3.8, 4) is 11.5 Å². The zero-order valence-electron chi connectivity index (χ0n) is 34.4. The molecular formula is C44H38Cl4N8O8. The minimum atomic E-state index is -1.65. The zero-order valence-corrected chi connectivity index (χ0v) is 37.4. The van der Waals surface area contributed by atoms with Crippen LogP contribution in [0.3, 0.4) is 0 Å². The highest BCUT2D eigenvalue weighted by molar-refractivity contribution is 6.35. The van der Waals surface area contributed by atoms with Gasteiger partial charge in [0, 0.05) is 23.1 Å². The number of azo groups is 2. The average Bonchev–Trinajstić information content (AvgIpc) is 3.27. The number of nitrogens with one attached hydrogen (secondary N) is 4. The Morgan fingerprint density at radius 1 is 0.531 bits per heavy atom. The van der Waals surface area contributed by atoms with Gasteiger partial charge in [-0.25, -0.2) is 0 Å². The average molecular weight is 949 g/mol. The molecule has 0 aliphatic heterocycles. The molecule has 0 aromatic heterocycles. The fraction of sp³-hybridized carbons (Fsp3) is 0.182. The standard InChI is InChI=1S/C44H38Cl4N8O8/c1-23(57)37(55-53-27-13-15-31(47)29(19-27)41(59)49-33-11-7-5-9-25(33)21-45)43(61)51-35-17-18-36(40(64-4)39(35)63-3)52-44(62)38(24(2)58)56-54-28-14-16-32(48)30(20-28)42(60)50-34-12-8-6-10-26(34)22-46/h5-20,37-38H,21-22H2,1-4H3,(H,49,59)(H,50,60)(H,51,61)(H,52,62). The van der Waals surface area contributed by atoms with Gasteiger partial charge in [-0.15, -0.1) is 23.2 Å². The van der Waals surface area contributed by atoms with Gasteiger partial charge in [-0.2, -0.15) is 20.5 Å². The summed E-state index contributed by atoms with van der Waals surface area (Å²) in [4.78, 5) is 78.6. The van der Waals surface area contributed by atoms with Crippen molar-refractivity contribution in [2.24, 2.45) is 20.5 Å². The molecule has 4 N–H and O–H groups in total. The number of alkyl halides is 2. The van der Waals surface area contributed by atoms with Crippen molar-refractivity contribution < 1.29 is 38.2 Å². The molecule has 0 aliphatic rings. The second-order valence-electron chi connectivity index (χ2n) is 13.5. The summed E-state index contributed by atoms with van der Waals surface area (Å²) in [6.45, 7) is 2.29. The molecule has 5 rings (SSSR count). The minimum Gasteiger partial charge on any atom is -0.491 e. The van der Waals surface area contributed by atoms with E-state index < -0.39 is 47.3 Å². The number of amides is 4. The van der Waals surface area contributed by atoms with Crippen LogP contribution in [0.5, 0.6) is 11.5 Å². The van der Waals surface area contributed by atoms with Gasteiger partial charge < -0.3 is 30.7 Å². The van der Waals surface area contributed by atoms with E-state index in [2.05, 4.69) is 41.7 Å². The van der Waals surface area contributed by atoms with Crippen LogP contribution in [0, 0.1) is 0 Å². The number of benzene rings is 5. The molecule has 0 bridgehead atoms. The predicted octanol–water partition coefficient (Wildman–Crippen LogP) is 10.4. The third-order valence-electron chi connectivity index (χ3n) is 9.09. The SMILES string of the molecule is COc1c(NC(=O)C(N=Nc2ccc(Cl)c(C(=O)Nc3ccccc3CCl)c2)C(C)=O)ccc(NC(=O)C(N=Nc2ccc(Cl)c(C(=O)Nc3ccccc3CCl)c2)C(C)=O)c1OC. The molecular weight excluding hydrogens is 910 g/mol. The molecule has 330 valence electrons. The van der Waals surface area contributed by atoms with Crippen molar-refractivity contribution in [1.82, 2.24) is 0 Å². The number of carbonyl (C=O) groups excluding carboxylic acids is 6. The van der Waals surface area contributed by atoms with Gasteiger partial charge in [0.25, 0.3) is 23.6 Å². The number of hydrogen-bond acceptors (Lipinski definition) is 12. The number of ether oxygens (including phenoxy) is 2. The van der Waals surface area contributed by atoms with Crippen molar-refractivity contribution in [2.75, 3.05) is 35.5 Å². The fourth-order valence-electron chi connectivity index (χ4n) is 5.85. The molecule has 4 amide bonds. The molecule has 0 saturated heterocycles. The molecule has 20 heteroatoms. The molecule has 0 aliphatic carbocycles. The number of ketones is 2. The van der Waals surface area contributed by atoms with Gasteiger partial charge in [-0.05, 0) is 85.6 Å². The Balaban J connectivity index is 1.31. The van der Waals surface area contributed by atoms with E-state index in [9.17, 15) is 28.8 Å². The summed E-state index contributed by atoms with van der Waals surface area (Å²) < 4.78 is 11.0. The molecule has 0 saturated carbocycles. The third kappa shape index (κ3) is 12.0. The van der Waals surface area contributed by atoms with Crippen LogP contribution in [0.1, 0.15) is 45.7 Å². The van der Waals surface area contributed by atoms with Crippen LogP contribution in [-0.4, -0.2) is 61.5 Å². The Kier molecular flexibility index (Phi) is 17.0. The highest BCUT2D eigenvalue weighted by atomic mass is 35.5. The monoisotopic (exact) mass is 946 g/mol. The molecule has 16 nitrogen and oxygen atoms in total. The number of methoxy groups -OCH3 is 2. The molecule has 5 aromatic rings. The number of rotatable bonds is 18. The number of carbonyl (C=O) groups is 6. The smallest absolute Gasteiger partial charge is 0.258 e. The second-order valence-corrected chi connectivity index (χ2v) is 14.8.